The van der Waals surface area contributed by atoms with E-state index in [9.17, 15) is 23.2 Å². The number of halogens is 2. The molecule has 1 aliphatic rings. The molecule has 7 nitrogen and oxygen atoms in total. The summed E-state index contributed by atoms with van der Waals surface area (Å²) in [6.07, 6.45) is 3.40. The number of benzene rings is 6. The molecule has 7 aromatic rings. The Bertz CT molecular complexity index is 2450. The zero-order valence-electron chi connectivity index (χ0n) is 26.8. The van der Waals surface area contributed by atoms with Crippen molar-refractivity contribution in [3.05, 3.63) is 155 Å². The van der Waals surface area contributed by atoms with Crippen molar-refractivity contribution >= 4 is 49.9 Å². The normalized spacial score (nSPS) is 12.6. The Morgan fingerprint density at radius 3 is 2.12 bits per heavy atom. The molecule has 0 radical (unpaired) electrons. The van der Waals surface area contributed by atoms with E-state index in [0.29, 0.717) is 29.2 Å². The molecule has 0 aliphatic heterocycles. The summed E-state index contributed by atoms with van der Waals surface area (Å²) in [6.45, 7) is 0.575. The van der Waals surface area contributed by atoms with Crippen molar-refractivity contribution in [2.24, 2.45) is 5.92 Å². The number of hydrogen-bond donors (Lipinski definition) is 2. The number of carbonyl (C=O) groups excluding carboxylic acids is 2. The lowest BCUT2D eigenvalue weighted by atomic mass is 9.85. The summed E-state index contributed by atoms with van der Waals surface area (Å²) < 4.78 is 32.3. The van der Waals surface area contributed by atoms with Crippen LogP contribution in [-0.4, -0.2) is 23.3 Å². The highest BCUT2D eigenvalue weighted by Gasteiger charge is 2.21. The third kappa shape index (κ3) is 6.84. The number of aromatic nitrogens is 1. The summed E-state index contributed by atoms with van der Waals surface area (Å²) in [5.41, 5.74) is 1.50. The zero-order valence-corrected chi connectivity index (χ0v) is 26.8. The van der Waals surface area contributed by atoms with Crippen LogP contribution in [0, 0.1) is 17.6 Å². The molecule has 0 bridgehead atoms. The third-order valence-electron chi connectivity index (χ3n) is 8.89. The van der Waals surface area contributed by atoms with Gasteiger partial charge in [0.15, 0.2) is 0 Å². The molecule has 0 unspecified atom stereocenters. The molecule has 2 amide bonds. The molecule has 9 heteroatoms. The number of nitrogens with zero attached hydrogens (tertiary/aromatic N) is 1. The van der Waals surface area contributed by atoms with Crippen molar-refractivity contribution in [1.82, 2.24) is 10.3 Å². The second-order valence-corrected chi connectivity index (χ2v) is 12.2. The summed E-state index contributed by atoms with van der Waals surface area (Å²) in [5.74, 6) is -0.986. The van der Waals surface area contributed by atoms with E-state index < -0.39 is 17.3 Å². The summed E-state index contributed by atoms with van der Waals surface area (Å²) >= 11 is 0. The molecule has 1 fully saturated rings. The number of fused-ring (bicyclic) bond motifs is 3. The number of anilines is 1. The minimum absolute atomic E-state index is 0.132. The van der Waals surface area contributed by atoms with Crippen LogP contribution in [0.1, 0.15) is 40.0 Å². The first-order chi connectivity index (χ1) is 24.3. The summed E-state index contributed by atoms with van der Waals surface area (Å²) in [7, 11) is 0. The monoisotopic (exact) mass is 667 g/mol. The quantitative estimate of drug-likeness (QED) is 0.185. The highest BCUT2D eigenvalue weighted by molar-refractivity contribution is 6.14. The third-order valence-corrected chi connectivity index (χ3v) is 8.89. The molecular formula is C41H31F2N3O4. The molecule has 50 heavy (non-hydrogen) atoms. The predicted molar refractivity (Wildman–Crippen MR) is 191 cm³/mol. The van der Waals surface area contributed by atoms with E-state index in [4.69, 9.17) is 4.42 Å². The maximum absolute atomic E-state index is 13.8. The molecule has 1 aliphatic carbocycles. The first-order valence-corrected chi connectivity index (χ1v) is 16.3. The average Bonchev–Trinajstić information content (AvgIpc) is 3.11. The minimum atomic E-state index is -0.590. The van der Waals surface area contributed by atoms with E-state index in [-0.39, 0.29) is 28.7 Å². The van der Waals surface area contributed by atoms with Crippen molar-refractivity contribution in [2.45, 2.75) is 19.3 Å². The van der Waals surface area contributed by atoms with Gasteiger partial charge in [-0.3, -0.25) is 9.59 Å². The van der Waals surface area contributed by atoms with Gasteiger partial charge in [0.1, 0.15) is 11.6 Å². The average molecular weight is 668 g/mol. The first kappa shape index (κ1) is 32.3. The molecule has 0 spiro atoms. The predicted octanol–water partition coefficient (Wildman–Crippen LogP) is 8.91. The molecule has 6 aromatic carbocycles. The van der Waals surface area contributed by atoms with Gasteiger partial charge < -0.3 is 15.1 Å². The Kier molecular flexibility index (Phi) is 9.12. The van der Waals surface area contributed by atoms with Crippen LogP contribution < -0.4 is 16.3 Å². The van der Waals surface area contributed by atoms with Crippen LogP contribution in [0.25, 0.3) is 43.9 Å². The molecule has 2 N–H and O–H groups in total. The van der Waals surface area contributed by atoms with Gasteiger partial charge in [0, 0.05) is 17.7 Å². The lowest BCUT2D eigenvalue weighted by Crippen LogP contribution is -2.32. The van der Waals surface area contributed by atoms with Gasteiger partial charge in [-0.1, -0.05) is 79.2 Å². The van der Waals surface area contributed by atoms with E-state index in [2.05, 4.69) is 15.6 Å². The van der Waals surface area contributed by atoms with E-state index in [1.165, 1.54) is 30.7 Å². The van der Waals surface area contributed by atoms with Crippen LogP contribution in [0.15, 0.2) is 131 Å². The van der Waals surface area contributed by atoms with Crippen LogP contribution in [0.5, 0.6) is 0 Å². The van der Waals surface area contributed by atoms with E-state index in [0.717, 1.165) is 52.1 Å². The van der Waals surface area contributed by atoms with E-state index in [1.54, 1.807) is 6.07 Å². The fraction of sp³-hybridized carbons (Fsp3) is 0.122. The second kappa shape index (κ2) is 14.1. The SMILES string of the molecule is O=C(NCC1CCC1)c1cc(F)ccc1NC(=O)c1cccc2ccccc12.O=c1oc(-c2cccc3ccccc23)nc2ccc(F)cc12. The van der Waals surface area contributed by atoms with Gasteiger partial charge in [-0.2, -0.15) is 0 Å². The molecule has 0 saturated heterocycles. The van der Waals surface area contributed by atoms with Crippen LogP contribution >= 0.6 is 0 Å². The molecule has 8 rings (SSSR count). The molecule has 1 heterocycles. The summed E-state index contributed by atoms with van der Waals surface area (Å²) in [5, 5.41) is 9.52. The molecular weight excluding hydrogens is 636 g/mol. The first-order valence-electron chi connectivity index (χ1n) is 16.3. The van der Waals surface area contributed by atoms with Crippen LogP contribution in [0.3, 0.4) is 0 Å². The highest BCUT2D eigenvalue weighted by atomic mass is 19.1. The topological polar surface area (TPSA) is 101 Å². The molecule has 248 valence electrons. The van der Waals surface area contributed by atoms with Crippen LogP contribution in [0.4, 0.5) is 14.5 Å². The number of hydrogen-bond acceptors (Lipinski definition) is 5. The van der Waals surface area contributed by atoms with Gasteiger partial charge in [0.2, 0.25) is 5.89 Å². The van der Waals surface area contributed by atoms with E-state index >= 15 is 0 Å². The van der Waals surface area contributed by atoms with Crippen LogP contribution in [-0.2, 0) is 0 Å². The molecule has 1 saturated carbocycles. The largest absolute Gasteiger partial charge is 0.403 e. The van der Waals surface area contributed by atoms with Gasteiger partial charge in [-0.25, -0.2) is 18.6 Å². The number of rotatable bonds is 6. The Morgan fingerprint density at radius 2 is 1.36 bits per heavy atom. The lowest BCUT2D eigenvalue weighted by molar-refractivity contribution is 0.0939. The van der Waals surface area contributed by atoms with Gasteiger partial charge in [0.25, 0.3) is 11.8 Å². The second-order valence-electron chi connectivity index (χ2n) is 12.2. The van der Waals surface area contributed by atoms with Crippen molar-refractivity contribution < 1.29 is 22.8 Å². The minimum Gasteiger partial charge on any atom is -0.403 e. The number of amides is 2. The van der Waals surface area contributed by atoms with Gasteiger partial charge >= 0.3 is 5.63 Å². The number of nitrogens with one attached hydrogen (secondary N) is 2. The maximum Gasteiger partial charge on any atom is 0.347 e. The van der Waals surface area contributed by atoms with Gasteiger partial charge in [-0.15, -0.1) is 0 Å². The Morgan fingerprint density at radius 1 is 0.700 bits per heavy atom. The Labute approximate surface area is 285 Å². The smallest absolute Gasteiger partial charge is 0.347 e. The molecule has 0 atom stereocenters. The number of carbonyl (C=O) groups is 2. The Balaban J connectivity index is 0.000000161. The van der Waals surface area contributed by atoms with E-state index in [1.807, 2.05) is 78.9 Å². The van der Waals surface area contributed by atoms with Crippen molar-refractivity contribution in [2.75, 3.05) is 11.9 Å². The maximum atomic E-state index is 13.8. The zero-order chi connectivity index (χ0) is 34.6. The molecule has 1 aromatic heterocycles. The van der Waals surface area contributed by atoms with Crippen molar-refractivity contribution in [3.63, 3.8) is 0 Å². The summed E-state index contributed by atoms with van der Waals surface area (Å²) in [6, 6.07) is 34.3. The standard InChI is InChI=1S/C23H21FN2O2.C18H10FNO2/c24-17-11-12-21(20(13-17)22(27)25-14-15-5-3-6-15)26-23(28)19-10-4-8-16-7-1-2-9-18(16)19;19-12-8-9-16-15(10-12)18(21)22-17(20-16)14-7-3-5-11-4-1-2-6-13(11)14/h1-2,4,7-13,15H,3,5-6,14H2,(H,25,27)(H,26,28);1-10H. The highest BCUT2D eigenvalue weighted by Crippen LogP contribution is 2.28. The van der Waals surface area contributed by atoms with Crippen molar-refractivity contribution in [1.29, 1.82) is 0 Å². The Hall–Kier alpha value is -6.22. The van der Waals surface area contributed by atoms with Crippen molar-refractivity contribution in [3.8, 4) is 11.5 Å². The fourth-order valence-corrected chi connectivity index (χ4v) is 6.03. The van der Waals surface area contributed by atoms with Gasteiger partial charge in [0.05, 0.1) is 22.2 Å². The summed E-state index contributed by atoms with van der Waals surface area (Å²) in [4.78, 5) is 41.9. The lowest BCUT2D eigenvalue weighted by Gasteiger charge is -2.25. The van der Waals surface area contributed by atoms with Crippen LogP contribution in [0.2, 0.25) is 0 Å². The fourth-order valence-electron chi connectivity index (χ4n) is 6.03. The van der Waals surface area contributed by atoms with Gasteiger partial charge in [-0.05, 0) is 88.8 Å².